The number of nitrogens with one attached hydrogen (secondary N) is 1. The van der Waals surface area contributed by atoms with Gasteiger partial charge in [0.25, 0.3) is 5.89 Å². The monoisotopic (exact) mass is 334 g/mol. The molecule has 2 heterocycles. The van der Waals surface area contributed by atoms with Gasteiger partial charge in [-0.25, -0.2) is 4.79 Å². The summed E-state index contributed by atoms with van der Waals surface area (Å²) in [5, 5.41) is 4.09. The third-order valence-corrected chi connectivity index (χ3v) is 4.29. The largest absolute Gasteiger partial charge is 0.334 e. The third-order valence-electron chi connectivity index (χ3n) is 4.29. The highest BCUT2D eigenvalue weighted by atomic mass is 16.5. The van der Waals surface area contributed by atoms with Gasteiger partial charge in [0.1, 0.15) is 0 Å². The van der Waals surface area contributed by atoms with Crippen LogP contribution in [0.4, 0.5) is 0 Å². The van der Waals surface area contributed by atoms with Gasteiger partial charge >= 0.3 is 5.69 Å². The first kappa shape index (κ1) is 15.4. The van der Waals surface area contributed by atoms with Crippen molar-refractivity contribution in [3.05, 3.63) is 58.5 Å². The van der Waals surface area contributed by atoms with Gasteiger partial charge in [0.15, 0.2) is 0 Å². The number of H-pyrrole nitrogens is 1. The van der Waals surface area contributed by atoms with Crippen LogP contribution in [0.15, 0.2) is 51.8 Å². The SMILES string of the molecule is Cc1ccccc1-c1nc(-c2ccc3c(c2)[nH]c(=O)n3C(C)C)no1. The summed E-state index contributed by atoms with van der Waals surface area (Å²) in [6.45, 7) is 5.97. The Morgan fingerprint density at radius 2 is 1.96 bits per heavy atom. The molecule has 0 radical (unpaired) electrons. The maximum absolute atomic E-state index is 12.1. The first-order valence-electron chi connectivity index (χ1n) is 8.19. The van der Waals surface area contributed by atoms with Crippen LogP contribution in [-0.4, -0.2) is 19.7 Å². The van der Waals surface area contributed by atoms with E-state index in [0.29, 0.717) is 11.7 Å². The Morgan fingerprint density at radius 3 is 2.72 bits per heavy atom. The Balaban J connectivity index is 1.78. The molecule has 0 fully saturated rings. The standard InChI is InChI=1S/C19H18N4O2/c1-11(2)23-16-9-8-13(10-15(16)20-19(23)24)17-21-18(25-22-17)14-7-5-4-6-12(14)3/h4-11H,1-3H3,(H,20,24). The van der Waals surface area contributed by atoms with Gasteiger partial charge in [0.2, 0.25) is 5.82 Å². The molecule has 0 aliphatic carbocycles. The van der Waals surface area contributed by atoms with Crippen LogP contribution in [-0.2, 0) is 0 Å². The highest BCUT2D eigenvalue weighted by Gasteiger charge is 2.15. The molecule has 25 heavy (non-hydrogen) atoms. The predicted octanol–water partition coefficient (Wildman–Crippen LogP) is 3.94. The summed E-state index contributed by atoms with van der Waals surface area (Å²) in [5.74, 6) is 0.986. The first-order valence-corrected chi connectivity index (χ1v) is 8.19. The van der Waals surface area contributed by atoms with Crippen LogP contribution < -0.4 is 5.69 Å². The number of nitrogens with zero attached hydrogens (tertiary/aromatic N) is 3. The maximum atomic E-state index is 12.1. The third kappa shape index (κ3) is 2.55. The van der Waals surface area contributed by atoms with E-state index in [-0.39, 0.29) is 11.7 Å². The average molecular weight is 334 g/mol. The molecule has 126 valence electrons. The highest BCUT2D eigenvalue weighted by molar-refractivity contribution is 5.81. The van der Waals surface area contributed by atoms with Crippen molar-refractivity contribution in [2.45, 2.75) is 26.8 Å². The number of aryl methyl sites for hydroxylation is 1. The zero-order valence-corrected chi connectivity index (χ0v) is 14.3. The van der Waals surface area contributed by atoms with Crippen molar-refractivity contribution in [1.29, 1.82) is 0 Å². The average Bonchev–Trinajstić information content (AvgIpc) is 3.18. The molecule has 0 unspecified atom stereocenters. The van der Waals surface area contributed by atoms with Gasteiger partial charge < -0.3 is 9.51 Å². The number of aromatic amines is 1. The lowest BCUT2D eigenvalue weighted by atomic mass is 10.1. The summed E-state index contributed by atoms with van der Waals surface area (Å²) >= 11 is 0. The number of benzene rings is 2. The van der Waals surface area contributed by atoms with Crippen LogP contribution in [0.25, 0.3) is 33.9 Å². The second-order valence-electron chi connectivity index (χ2n) is 6.36. The van der Waals surface area contributed by atoms with E-state index in [0.717, 1.165) is 27.7 Å². The summed E-state index contributed by atoms with van der Waals surface area (Å²) in [6, 6.07) is 13.7. The molecule has 4 rings (SSSR count). The first-order chi connectivity index (χ1) is 12.0. The summed E-state index contributed by atoms with van der Waals surface area (Å²) in [7, 11) is 0. The molecule has 6 heteroatoms. The molecule has 0 spiro atoms. The molecule has 2 aromatic heterocycles. The summed E-state index contributed by atoms with van der Waals surface area (Å²) < 4.78 is 7.16. The van der Waals surface area contributed by atoms with E-state index in [1.165, 1.54) is 0 Å². The van der Waals surface area contributed by atoms with Crippen molar-refractivity contribution in [3.8, 4) is 22.8 Å². The van der Waals surface area contributed by atoms with Crippen molar-refractivity contribution in [2.75, 3.05) is 0 Å². The van der Waals surface area contributed by atoms with Crippen LogP contribution in [0, 0.1) is 6.92 Å². The van der Waals surface area contributed by atoms with Gasteiger partial charge in [-0.15, -0.1) is 0 Å². The quantitative estimate of drug-likeness (QED) is 0.616. The van der Waals surface area contributed by atoms with Crippen molar-refractivity contribution < 1.29 is 4.52 Å². The van der Waals surface area contributed by atoms with Crippen LogP contribution in [0.2, 0.25) is 0 Å². The van der Waals surface area contributed by atoms with E-state index in [2.05, 4.69) is 15.1 Å². The normalized spacial score (nSPS) is 11.5. The molecular weight excluding hydrogens is 316 g/mol. The Hall–Kier alpha value is -3.15. The minimum Gasteiger partial charge on any atom is -0.334 e. The Bertz CT molecular complexity index is 1120. The van der Waals surface area contributed by atoms with Crippen LogP contribution in [0.5, 0.6) is 0 Å². The van der Waals surface area contributed by atoms with Crippen molar-refractivity contribution in [1.82, 2.24) is 19.7 Å². The molecular formula is C19H18N4O2. The highest BCUT2D eigenvalue weighted by Crippen LogP contribution is 2.26. The number of hydrogen-bond acceptors (Lipinski definition) is 4. The molecule has 0 aliphatic heterocycles. The summed E-state index contributed by atoms with van der Waals surface area (Å²) in [5.41, 5.74) is 4.31. The molecule has 0 amide bonds. The van der Waals surface area contributed by atoms with Crippen molar-refractivity contribution in [3.63, 3.8) is 0 Å². The van der Waals surface area contributed by atoms with Crippen molar-refractivity contribution in [2.24, 2.45) is 0 Å². The van der Waals surface area contributed by atoms with E-state index in [4.69, 9.17) is 4.52 Å². The molecule has 0 atom stereocenters. The number of aromatic nitrogens is 4. The summed E-state index contributed by atoms with van der Waals surface area (Å²) in [6.07, 6.45) is 0. The maximum Gasteiger partial charge on any atom is 0.326 e. The van der Waals surface area contributed by atoms with Gasteiger partial charge in [-0.05, 0) is 50.6 Å². The fourth-order valence-corrected chi connectivity index (χ4v) is 3.05. The molecule has 6 nitrogen and oxygen atoms in total. The molecule has 0 aliphatic rings. The van der Waals surface area contributed by atoms with Crippen molar-refractivity contribution >= 4 is 11.0 Å². The van der Waals surface area contributed by atoms with Gasteiger partial charge in [0.05, 0.1) is 11.0 Å². The van der Waals surface area contributed by atoms with Gasteiger partial charge in [-0.1, -0.05) is 23.4 Å². The molecule has 1 N–H and O–H groups in total. The van der Waals surface area contributed by atoms with E-state index in [9.17, 15) is 4.79 Å². The van der Waals surface area contributed by atoms with E-state index in [1.807, 2.05) is 63.2 Å². The summed E-state index contributed by atoms with van der Waals surface area (Å²) in [4.78, 5) is 19.5. The number of hydrogen-bond donors (Lipinski definition) is 1. The fraction of sp³-hybridized carbons (Fsp3) is 0.211. The minimum absolute atomic E-state index is 0.0879. The lowest BCUT2D eigenvalue weighted by Gasteiger charge is -2.06. The van der Waals surface area contributed by atoms with Crippen LogP contribution in [0.3, 0.4) is 0 Å². The zero-order chi connectivity index (χ0) is 17.6. The molecule has 0 saturated heterocycles. The van der Waals surface area contributed by atoms with Gasteiger partial charge in [-0.2, -0.15) is 4.98 Å². The Morgan fingerprint density at radius 1 is 1.16 bits per heavy atom. The minimum atomic E-state index is -0.115. The number of rotatable bonds is 3. The molecule has 0 saturated carbocycles. The fourth-order valence-electron chi connectivity index (χ4n) is 3.05. The Kier molecular flexibility index (Phi) is 3.53. The molecule has 4 aromatic rings. The second-order valence-corrected chi connectivity index (χ2v) is 6.36. The smallest absolute Gasteiger partial charge is 0.326 e. The van der Waals surface area contributed by atoms with Crippen LogP contribution in [0.1, 0.15) is 25.5 Å². The van der Waals surface area contributed by atoms with E-state index >= 15 is 0 Å². The lowest BCUT2D eigenvalue weighted by molar-refractivity contribution is 0.432. The lowest BCUT2D eigenvalue weighted by Crippen LogP contribution is -2.18. The van der Waals surface area contributed by atoms with E-state index in [1.54, 1.807) is 4.57 Å². The van der Waals surface area contributed by atoms with E-state index < -0.39 is 0 Å². The van der Waals surface area contributed by atoms with Gasteiger partial charge in [-0.3, -0.25) is 4.57 Å². The van der Waals surface area contributed by atoms with Crippen LogP contribution >= 0.6 is 0 Å². The van der Waals surface area contributed by atoms with Gasteiger partial charge in [0, 0.05) is 17.2 Å². The topological polar surface area (TPSA) is 76.7 Å². The number of imidazole rings is 1. The number of fused-ring (bicyclic) bond motifs is 1. The molecule has 0 bridgehead atoms. The zero-order valence-electron chi connectivity index (χ0n) is 14.3. The predicted molar refractivity (Wildman–Crippen MR) is 96.4 cm³/mol. The molecule has 2 aromatic carbocycles. The Labute approximate surface area is 144 Å². The second kappa shape index (κ2) is 5.73.